The number of hydrogen-bond donors (Lipinski definition) is 1. The Morgan fingerprint density at radius 2 is 1.93 bits per heavy atom. The molecule has 0 bridgehead atoms. The Balaban J connectivity index is 0. The van der Waals surface area contributed by atoms with Crippen LogP contribution in [0.2, 0.25) is 0 Å². The van der Waals surface area contributed by atoms with E-state index in [9.17, 15) is 9.90 Å². The number of quaternary nitrogens is 1. The minimum Gasteiger partial charge on any atom is -1.00 e. The molecule has 0 aliphatic carbocycles. The number of hydrogen-bond acceptors (Lipinski definition) is 4. The molecule has 0 aromatic heterocycles. The van der Waals surface area contributed by atoms with Gasteiger partial charge in [-0.1, -0.05) is 0 Å². The number of likely N-dealkylation sites (N-methyl/N-ethyl adjacent to an activating group) is 1. The monoisotopic (exact) mass is 241 g/mol. The topological polar surface area (TPSA) is 55.8 Å². The zero-order valence-corrected chi connectivity index (χ0v) is 10.5. The first-order chi connectivity index (χ1) is 6.35. The average Bonchev–Trinajstić information content (AvgIpc) is 1.96. The Labute approximate surface area is 97.0 Å². The number of methoxy groups -OCH3 is 1. The van der Waals surface area contributed by atoms with Crippen LogP contribution < -0.4 is 12.4 Å². The summed E-state index contributed by atoms with van der Waals surface area (Å²) in [4.78, 5) is 11.0. The molecule has 0 spiro atoms. The van der Waals surface area contributed by atoms with E-state index in [-0.39, 0.29) is 25.6 Å². The number of ether oxygens (including phenoxy) is 2. The summed E-state index contributed by atoms with van der Waals surface area (Å²) in [7, 11) is 7.28. The first-order valence-electron chi connectivity index (χ1n) is 4.48. The highest BCUT2D eigenvalue weighted by Crippen LogP contribution is 2.00. The summed E-state index contributed by atoms with van der Waals surface area (Å²) >= 11 is 0. The van der Waals surface area contributed by atoms with Crippen molar-refractivity contribution in [3.05, 3.63) is 0 Å². The van der Waals surface area contributed by atoms with E-state index in [0.717, 1.165) is 0 Å². The Hall–Kier alpha value is -0.360. The molecule has 0 amide bonds. The molecule has 0 aromatic carbocycles. The van der Waals surface area contributed by atoms with Gasteiger partial charge in [0.05, 0.1) is 27.6 Å². The van der Waals surface area contributed by atoms with Crippen molar-refractivity contribution in [3.8, 4) is 0 Å². The van der Waals surface area contributed by atoms with Gasteiger partial charge in [0.1, 0.15) is 12.6 Å². The highest BCUT2D eigenvalue weighted by atomic mass is 35.5. The van der Waals surface area contributed by atoms with Crippen LogP contribution in [0, 0.1) is 0 Å². The van der Waals surface area contributed by atoms with Gasteiger partial charge >= 0.3 is 5.97 Å². The molecule has 0 aliphatic rings. The van der Waals surface area contributed by atoms with Crippen LogP contribution in [0.1, 0.15) is 6.42 Å². The summed E-state index contributed by atoms with van der Waals surface area (Å²) in [5, 5.41) is 9.50. The van der Waals surface area contributed by atoms with E-state index in [4.69, 9.17) is 0 Å². The van der Waals surface area contributed by atoms with E-state index < -0.39 is 12.1 Å². The lowest BCUT2D eigenvalue weighted by atomic mass is 10.2. The maximum atomic E-state index is 11.0. The number of aliphatic hydroxyl groups is 1. The molecule has 0 saturated carbocycles. The van der Waals surface area contributed by atoms with Gasteiger partial charge in [0.25, 0.3) is 0 Å². The third kappa shape index (κ3) is 11.6. The zero-order valence-electron chi connectivity index (χ0n) is 9.70. The van der Waals surface area contributed by atoms with Crippen LogP contribution in [0.25, 0.3) is 0 Å². The minimum atomic E-state index is -0.667. The first kappa shape index (κ1) is 17.0. The standard InChI is InChI=1S/C9H20NO4.ClH/c1-10(2,3)6-8(11)5-9(12)14-7-13-4;/h8,11H,5-7H2,1-4H3;1H/q+1;/p-1/t8-;/m1./s1. The van der Waals surface area contributed by atoms with Crippen LogP contribution >= 0.6 is 0 Å². The molecule has 15 heavy (non-hydrogen) atoms. The zero-order chi connectivity index (χ0) is 11.2. The maximum absolute atomic E-state index is 11.0. The molecule has 0 fully saturated rings. The lowest BCUT2D eigenvalue weighted by Gasteiger charge is -2.26. The summed E-state index contributed by atoms with van der Waals surface area (Å²) in [5.41, 5.74) is 0. The van der Waals surface area contributed by atoms with Crippen molar-refractivity contribution in [3.63, 3.8) is 0 Å². The fraction of sp³-hybridized carbons (Fsp3) is 0.889. The van der Waals surface area contributed by atoms with Crippen molar-refractivity contribution in [1.29, 1.82) is 0 Å². The van der Waals surface area contributed by atoms with Gasteiger partial charge in [0.15, 0.2) is 6.79 Å². The van der Waals surface area contributed by atoms with Crippen molar-refractivity contribution in [1.82, 2.24) is 0 Å². The van der Waals surface area contributed by atoms with E-state index in [1.807, 2.05) is 21.1 Å². The van der Waals surface area contributed by atoms with Gasteiger partial charge in [-0.25, -0.2) is 0 Å². The second kappa shape index (κ2) is 7.87. The van der Waals surface area contributed by atoms with E-state index in [2.05, 4.69) is 9.47 Å². The third-order valence-corrected chi connectivity index (χ3v) is 1.50. The third-order valence-electron chi connectivity index (χ3n) is 1.50. The highest BCUT2D eigenvalue weighted by molar-refractivity contribution is 5.69. The van der Waals surface area contributed by atoms with Gasteiger partial charge in [-0.2, -0.15) is 0 Å². The molecule has 1 atom stereocenters. The van der Waals surface area contributed by atoms with Crippen molar-refractivity contribution in [2.75, 3.05) is 41.6 Å². The summed E-state index contributed by atoms with van der Waals surface area (Å²) in [6, 6.07) is 0. The molecule has 0 heterocycles. The predicted molar refractivity (Wildman–Crippen MR) is 51.5 cm³/mol. The van der Waals surface area contributed by atoms with Crippen LogP contribution in [-0.2, 0) is 14.3 Å². The molecule has 0 aliphatic heterocycles. The molecule has 0 rings (SSSR count). The lowest BCUT2D eigenvalue weighted by Crippen LogP contribution is -3.00. The molecule has 0 saturated heterocycles. The van der Waals surface area contributed by atoms with Crippen molar-refractivity contribution < 1.29 is 36.3 Å². The Morgan fingerprint density at radius 1 is 1.40 bits per heavy atom. The van der Waals surface area contributed by atoms with Gasteiger partial charge in [0, 0.05) is 7.11 Å². The number of rotatable bonds is 6. The number of nitrogens with zero attached hydrogens (tertiary/aromatic N) is 1. The van der Waals surface area contributed by atoms with Crippen LogP contribution in [0.3, 0.4) is 0 Å². The maximum Gasteiger partial charge on any atom is 0.310 e. The summed E-state index contributed by atoms with van der Waals surface area (Å²) < 4.78 is 9.82. The second-order valence-electron chi connectivity index (χ2n) is 4.25. The second-order valence-corrected chi connectivity index (χ2v) is 4.25. The molecule has 6 heteroatoms. The van der Waals surface area contributed by atoms with Crippen LogP contribution in [0.5, 0.6) is 0 Å². The largest absolute Gasteiger partial charge is 1.00 e. The Kier molecular flexibility index (Phi) is 8.95. The molecule has 0 unspecified atom stereocenters. The van der Waals surface area contributed by atoms with Gasteiger partial charge in [-0.15, -0.1) is 0 Å². The van der Waals surface area contributed by atoms with E-state index >= 15 is 0 Å². The first-order valence-corrected chi connectivity index (χ1v) is 4.48. The fourth-order valence-corrected chi connectivity index (χ4v) is 1.07. The SMILES string of the molecule is COCOC(=O)C[C@@H](O)C[N+](C)(C)C.[Cl-]. The average molecular weight is 242 g/mol. The highest BCUT2D eigenvalue weighted by Gasteiger charge is 2.19. The summed E-state index contributed by atoms with van der Waals surface area (Å²) in [6.45, 7) is 0.456. The number of carbonyl (C=O) groups is 1. The van der Waals surface area contributed by atoms with Crippen LogP contribution in [0.4, 0.5) is 0 Å². The van der Waals surface area contributed by atoms with Gasteiger partial charge in [-0.3, -0.25) is 4.79 Å². The Morgan fingerprint density at radius 3 is 2.33 bits per heavy atom. The van der Waals surface area contributed by atoms with E-state index in [1.54, 1.807) is 0 Å². The molecule has 0 radical (unpaired) electrons. The number of halogens is 1. The van der Waals surface area contributed by atoms with Crippen molar-refractivity contribution in [2.45, 2.75) is 12.5 Å². The number of aliphatic hydroxyl groups excluding tert-OH is 1. The quantitative estimate of drug-likeness (QED) is 0.299. The van der Waals surface area contributed by atoms with Gasteiger partial charge < -0.3 is 31.5 Å². The smallest absolute Gasteiger partial charge is 0.310 e. The summed E-state index contributed by atoms with van der Waals surface area (Å²) in [6.07, 6.45) is -0.654. The lowest BCUT2D eigenvalue weighted by molar-refractivity contribution is -0.873. The van der Waals surface area contributed by atoms with Crippen molar-refractivity contribution in [2.24, 2.45) is 0 Å². The summed E-state index contributed by atoms with van der Waals surface area (Å²) in [5.74, 6) is -0.437. The number of carbonyl (C=O) groups excluding carboxylic acids is 1. The molecular formula is C9H20ClNO4. The van der Waals surface area contributed by atoms with E-state index in [1.165, 1.54) is 7.11 Å². The Bertz CT molecular complexity index is 181. The molecule has 1 N–H and O–H groups in total. The van der Waals surface area contributed by atoms with Gasteiger partial charge in [-0.05, 0) is 0 Å². The molecule has 5 nitrogen and oxygen atoms in total. The molecule has 0 aromatic rings. The molecule has 92 valence electrons. The fourth-order valence-electron chi connectivity index (χ4n) is 1.07. The van der Waals surface area contributed by atoms with Gasteiger partial charge in [0.2, 0.25) is 0 Å². The number of esters is 1. The van der Waals surface area contributed by atoms with E-state index in [0.29, 0.717) is 11.0 Å². The molecular weight excluding hydrogens is 222 g/mol. The van der Waals surface area contributed by atoms with Crippen LogP contribution in [0.15, 0.2) is 0 Å². The van der Waals surface area contributed by atoms with Crippen molar-refractivity contribution >= 4 is 5.97 Å². The predicted octanol–water partition coefficient (Wildman–Crippen LogP) is -3.41. The van der Waals surface area contributed by atoms with Crippen LogP contribution in [-0.4, -0.2) is 63.3 Å². The normalized spacial score (nSPS) is 12.9. The minimum absolute atomic E-state index is 0.